The number of ether oxygens (including phenoxy) is 1. The second-order valence-electron chi connectivity index (χ2n) is 5.70. The first-order valence-electron chi connectivity index (χ1n) is 8.41. The first-order chi connectivity index (χ1) is 13.1. The smallest absolute Gasteiger partial charge is 0.277 e. The summed E-state index contributed by atoms with van der Waals surface area (Å²) < 4.78 is 7.15. The molecule has 1 N–H and O–H groups in total. The molecular weight excluding hydrogens is 387 g/mol. The molecule has 8 heteroatoms. The van der Waals surface area contributed by atoms with Gasteiger partial charge >= 0.3 is 0 Å². The van der Waals surface area contributed by atoms with E-state index in [1.165, 1.54) is 4.68 Å². The molecule has 1 amide bonds. The molecule has 0 bridgehead atoms. The molecule has 6 nitrogen and oxygen atoms in total. The Bertz CT molecular complexity index is 943. The van der Waals surface area contributed by atoms with Crippen LogP contribution >= 0.6 is 23.2 Å². The summed E-state index contributed by atoms with van der Waals surface area (Å²) in [4.78, 5) is 12.6. The Labute approximate surface area is 167 Å². The summed E-state index contributed by atoms with van der Waals surface area (Å²) in [5.41, 5.74) is 1.79. The molecule has 2 aromatic carbocycles. The quantitative estimate of drug-likeness (QED) is 0.646. The standard InChI is InChI=1S/C19H18Cl2N4O2/c1-2-27-19-17(18(26)22-11-13-7-3-5-9-15(13)20)23-24-25(19)12-14-8-4-6-10-16(14)21/h3-10H,2,11-12H2,1H3,(H,22,26). The molecule has 0 aliphatic carbocycles. The van der Waals surface area contributed by atoms with Crippen molar-refractivity contribution in [3.63, 3.8) is 0 Å². The van der Waals surface area contributed by atoms with Gasteiger partial charge in [0.1, 0.15) is 0 Å². The molecule has 0 saturated carbocycles. The van der Waals surface area contributed by atoms with Gasteiger partial charge < -0.3 is 10.1 Å². The van der Waals surface area contributed by atoms with E-state index in [-0.39, 0.29) is 18.1 Å². The lowest BCUT2D eigenvalue weighted by Gasteiger charge is -2.10. The van der Waals surface area contributed by atoms with Gasteiger partial charge in [0.2, 0.25) is 11.6 Å². The van der Waals surface area contributed by atoms with E-state index in [1.807, 2.05) is 43.3 Å². The number of nitrogens with one attached hydrogen (secondary N) is 1. The monoisotopic (exact) mass is 404 g/mol. The first-order valence-corrected chi connectivity index (χ1v) is 9.17. The average molecular weight is 405 g/mol. The van der Waals surface area contributed by atoms with Gasteiger partial charge in [-0.15, -0.1) is 5.10 Å². The van der Waals surface area contributed by atoms with Crippen LogP contribution in [0.25, 0.3) is 0 Å². The van der Waals surface area contributed by atoms with Gasteiger partial charge in [0.15, 0.2) is 0 Å². The van der Waals surface area contributed by atoms with Crippen molar-refractivity contribution in [2.45, 2.75) is 20.0 Å². The van der Waals surface area contributed by atoms with Crippen LogP contribution in [0.15, 0.2) is 48.5 Å². The molecule has 27 heavy (non-hydrogen) atoms. The number of benzene rings is 2. The lowest BCUT2D eigenvalue weighted by Crippen LogP contribution is -2.24. The lowest BCUT2D eigenvalue weighted by atomic mass is 10.2. The Morgan fingerprint density at radius 2 is 1.70 bits per heavy atom. The predicted molar refractivity (Wildman–Crippen MR) is 104 cm³/mol. The highest BCUT2D eigenvalue weighted by Crippen LogP contribution is 2.22. The van der Waals surface area contributed by atoms with Gasteiger partial charge in [0.25, 0.3) is 5.91 Å². The fraction of sp³-hybridized carbons (Fsp3) is 0.211. The van der Waals surface area contributed by atoms with Crippen LogP contribution in [0.4, 0.5) is 0 Å². The molecule has 0 aliphatic rings. The highest BCUT2D eigenvalue weighted by molar-refractivity contribution is 6.31. The Morgan fingerprint density at radius 1 is 1.07 bits per heavy atom. The molecule has 1 aromatic heterocycles. The van der Waals surface area contributed by atoms with Crippen molar-refractivity contribution >= 4 is 29.1 Å². The van der Waals surface area contributed by atoms with Crippen molar-refractivity contribution in [3.8, 4) is 5.88 Å². The van der Waals surface area contributed by atoms with E-state index in [1.54, 1.807) is 12.1 Å². The Hall–Kier alpha value is -2.57. The molecule has 0 aliphatic heterocycles. The second-order valence-corrected chi connectivity index (χ2v) is 6.51. The maximum Gasteiger partial charge on any atom is 0.277 e. The van der Waals surface area contributed by atoms with E-state index in [2.05, 4.69) is 15.6 Å². The zero-order chi connectivity index (χ0) is 19.2. The summed E-state index contributed by atoms with van der Waals surface area (Å²) in [6, 6.07) is 14.7. The van der Waals surface area contributed by atoms with Crippen LogP contribution in [0.5, 0.6) is 5.88 Å². The SMILES string of the molecule is CCOc1c(C(=O)NCc2ccccc2Cl)nnn1Cc1ccccc1Cl. The number of nitrogens with zero attached hydrogens (tertiary/aromatic N) is 3. The largest absolute Gasteiger partial charge is 0.476 e. The molecule has 0 atom stereocenters. The second kappa shape index (κ2) is 8.88. The topological polar surface area (TPSA) is 69.0 Å². The molecule has 0 saturated heterocycles. The number of hydrogen-bond acceptors (Lipinski definition) is 4. The highest BCUT2D eigenvalue weighted by atomic mass is 35.5. The van der Waals surface area contributed by atoms with Crippen LogP contribution in [0, 0.1) is 0 Å². The van der Waals surface area contributed by atoms with E-state index in [0.717, 1.165) is 11.1 Å². The number of carbonyl (C=O) groups excluding carboxylic acids is 1. The summed E-state index contributed by atoms with van der Waals surface area (Å²) in [6.07, 6.45) is 0. The van der Waals surface area contributed by atoms with Gasteiger partial charge in [-0.3, -0.25) is 4.79 Å². The minimum absolute atomic E-state index is 0.121. The molecule has 0 fully saturated rings. The molecule has 0 radical (unpaired) electrons. The number of hydrogen-bond donors (Lipinski definition) is 1. The van der Waals surface area contributed by atoms with E-state index in [4.69, 9.17) is 27.9 Å². The first kappa shape index (κ1) is 19.2. The predicted octanol–water partition coefficient (Wildman–Crippen LogP) is 3.96. The van der Waals surface area contributed by atoms with Crippen LogP contribution in [0.2, 0.25) is 10.0 Å². The number of halogens is 2. The van der Waals surface area contributed by atoms with E-state index < -0.39 is 0 Å². The summed E-state index contributed by atoms with van der Waals surface area (Å²) in [5, 5.41) is 12.1. The fourth-order valence-electron chi connectivity index (χ4n) is 2.52. The minimum Gasteiger partial charge on any atom is -0.476 e. The van der Waals surface area contributed by atoms with Gasteiger partial charge in [-0.1, -0.05) is 64.8 Å². The van der Waals surface area contributed by atoms with E-state index >= 15 is 0 Å². The van der Waals surface area contributed by atoms with Gasteiger partial charge in [-0.2, -0.15) is 0 Å². The van der Waals surface area contributed by atoms with Crippen molar-refractivity contribution in [3.05, 3.63) is 75.4 Å². The van der Waals surface area contributed by atoms with Crippen molar-refractivity contribution in [2.24, 2.45) is 0 Å². The van der Waals surface area contributed by atoms with Crippen molar-refractivity contribution in [1.29, 1.82) is 0 Å². The number of carbonyl (C=O) groups is 1. The van der Waals surface area contributed by atoms with Crippen molar-refractivity contribution in [1.82, 2.24) is 20.3 Å². The summed E-state index contributed by atoms with van der Waals surface area (Å²) >= 11 is 12.3. The maximum atomic E-state index is 12.6. The summed E-state index contributed by atoms with van der Waals surface area (Å²) in [7, 11) is 0. The average Bonchev–Trinajstić information content (AvgIpc) is 3.06. The van der Waals surface area contributed by atoms with Crippen LogP contribution in [0.1, 0.15) is 28.5 Å². The minimum atomic E-state index is -0.385. The van der Waals surface area contributed by atoms with Crippen LogP contribution < -0.4 is 10.1 Å². The summed E-state index contributed by atoms with van der Waals surface area (Å²) in [5.74, 6) is -0.0853. The Kier molecular flexibility index (Phi) is 6.32. The molecular formula is C19H18Cl2N4O2. The molecule has 0 unspecified atom stereocenters. The third-order valence-electron chi connectivity index (χ3n) is 3.86. The number of rotatable bonds is 7. The van der Waals surface area contributed by atoms with Crippen LogP contribution in [0.3, 0.4) is 0 Å². The van der Waals surface area contributed by atoms with Crippen LogP contribution in [-0.2, 0) is 13.1 Å². The zero-order valence-electron chi connectivity index (χ0n) is 14.7. The zero-order valence-corrected chi connectivity index (χ0v) is 16.2. The van der Waals surface area contributed by atoms with Crippen molar-refractivity contribution < 1.29 is 9.53 Å². The van der Waals surface area contributed by atoms with Gasteiger partial charge in [0.05, 0.1) is 13.2 Å². The highest BCUT2D eigenvalue weighted by Gasteiger charge is 2.21. The number of amides is 1. The van der Waals surface area contributed by atoms with Gasteiger partial charge in [0, 0.05) is 16.6 Å². The number of aromatic nitrogens is 3. The third-order valence-corrected chi connectivity index (χ3v) is 4.60. The molecule has 3 rings (SSSR count). The molecule has 1 heterocycles. The summed E-state index contributed by atoms with van der Waals surface area (Å²) in [6.45, 7) is 2.83. The van der Waals surface area contributed by atoms with E-state index in [0.29, 0.717) is 29.1 Å². The fourth-order valence-corrected chi connectivity index (χ4v) is 2.92. The third kappa shape index (κ3) is 4.59. The molecule has 140 valence electrons. The van der Waals surface area contributed by atoms with Crippen LogP contribution in [-0.4, -0.2) is 27.5 Å². The Morgan fingerprint density at radius 3 is 2.33 bits per heavy atom. The van der Waals surface area contributed by atoms with E-state index in [9.17, 15) is 4.79 Å². The molecule has 0 spiro atoms. The maximum absolute atomic E-state index is 12.6. The van der Waals surface area contributed by atoms with Gasteiger partial charge in [-0.05, 0) is 30.2 Å². The normalized spacial score (nSPS) is 10.6. The van der Waals surface area contributed by atoms with Crippen molar-refractivity contribution in [2.75, 3.05) is 6.61 Å². The van der Waals surface area contributed by atoms with Gasteiger partial charge in [-0.25, -0.2) is 4.68 Å². The molecule has 3 aromatic rings. The lowest BCUT2D eigenvalue weighted by molar-refractivity contribution is 0.0941. The Balaban J connectivity index is 1.79.